The maximum atomic E-state index is 12.1. The average molecular weight is 291 g/mol. The molecule has 0 radical (unpaired) electrons. The van der Waals surface area contributed by atoms with E-state index >= 15 is 0 Å². The van der Waals surface area contributed by atoms with Gasteiger partial charge in [-0.15, -0.1) is 11.3 Å². The molecule has 5 nitrogen and oxygen atoms in total. The number of rotatable bonds is 7. The molecule has 1 heterocycles. The van der Waals surface area contributed by atoms with E-state index in [4.69, 9.17) is 5.11 Å². The van der Waals surface area contributed by atoms with Gasteiger partial charge in [-0.2, -0.15) is 0 Å². The van der Waals surface area contributed by atoms with Gasteiger partial charge in [-0.25, -0.2) is 17.9 Å². The van der Waals surface area contributed by atoms with Gasteiger partial charge in [-0.05, 0) is 24.3 Å². The SMILES string of the molecule is CCCC(CC)NS(=O)(=O)c1ccsc1C(=O)O. The third-order valence-electron chi connectivity index (χ3n) is 2.56. The Bertz CT molecular complexity index is 507. The molecule has 0 amide bonds. The summed E-state index contributed by atoms with van der Waals surface area (Å²) in [5, 5.41) is 10.4. The zero-order valence-corrected chi connectivity index (χ0v) is 12.0. The summed E-state index contributed by atoms with van der Waals surface area (Å²) in [7, 11) is -3.75. The van der Waals surface area contributed by atoms with Crippen molar-refractivity contribution in [3.63, 3.8) is 0 Å². The van der Waals surface area contributed by atoms with Gasteiger partial charge in [0.1, 0.15) is 9.77 Å². The van der Waals surface area contributed by atoms with Gasteiger partial charge in [-0.3, -0.25) is 0 Å². The predicted molar refractivity (Wildman–Crippen MR) is 70.6 cm³/mol. The second kappa shape index (κ2) is 6.31. The molecule has 1 rings (SSSR count). The highest BCUT2D eigenvalue weighted by molar-refractivity contribution is 7.89. The van der Waals surface area contributed by atoms with Crippen molar-refractivity contribution in [2.45, 2.75) is 44.0 Å². The lowest BCUT2D eigenvalue weighted by Crippen LogP contribution is -2.34. The van der Waals surface area contributed by atoms with Crippen LogP contribution in [0.25, 0.3) is 0 Å². The minimum atomic E-state index is -3.75. The first-order valence-electron chi connectivity index (χ1n) is 5.75. The van der Waals surface area contributed by atoms with Crippen LogP contribution in [0.5, 0.6) is 0 Å². The maximum Gasteiger partial charge on any atom is 0.347 e. The van der Waals surface area contributed by atoms with Crippen LogP contribution in [0.4, 0.5) is 0 Å². The normalized spacial score (nSPS) is 13.4. The molecule has 0 saturated carbocycles. The Morgan fingerprint density at radius 3 is 2.67 bits per heavy atom. The number of hydrogen-bond acceptors (Lipinski definition) is 4. The highest BCUT2D eigenvalue weighted by Crippen LogP contribution is 2.22. The fourth-order valence-electron chi connectivity index (χ4n) is 1.64. The Labute approximate surface area is 111 Å². The van der Waals surface area contributed by atoms with Crippen molar-refractivity contribution in [2.75, 3.05) is 0 Å². The first kappa shape index (κ1) is 15.1. The monoisotopic (exact) mass is 291 g/mol. The van der Waals surface area contributed by atoms with Gasteiger partial charge >= 0.3 is 5.97 Å². The van der Waals surface area contributed by atoms with Gasteiger partial charge in [-0.1, -0.05) is 20.3 Å². The molecule has 0 saturated heterocycles. The van der Waals surface area contributed by atoms with E-state index in [1.807, 2.05) is 13.8 Å². The highest BCUT2D eigenvalue weighted by atomic mass is 32.2. The summed E-state index contributed by atoms with van der Waals surface area (Å²) < 4.78 is 26.7. The van der Waals surface area contributed by atoms with E-state index in [2.05, 4.69) is 4.72 Å². The number of sulfonamides is 1. The summed E-state index contributed by atoms with van der Waals surface area (Å²) in [6.45, 7) is 3.87. The number of carboxylic acids is 1. The maximum absolute atomic E-state index is 12.1. The summed E-state index contributed by atoms with van der Waals surface area (Å²) in [5.41, 5.74) is 0. The lowest BCUT2D eigenvalue weighted by atomic mass is 10.1. The molecule has 1 aromatic rings. The van der Waals surface area contributed by atoms with Crippen LogP contribution in [0.2, 0.25) is 0 Å². The van der Waals surface area contributed by atoms with E-state index in [1.54, 1.807) is 0 Å². The molecule has 7 heteroatoms. The summed E-state index contributed by atoms with van der Waals surface area (Å²) >= 11 is 0.914. The van der Waals surface area contributed by atoms with Gasteiger partial charge in [0.2, 0.25) is 10.0 Å². The smallest absolute Gasteiger partial charge is 0.347 e. The van der Waals surface area contributed by atoms with Crippen molar-refractivity contribution in [2.24, 2.45) is 0 Å². The summed E-state index contributed by atoms with van der Waals surface area (Å²) in [6.07, 6.45) is 2.29. The number of nitrogens with one attached hydrogen (secondary N) is 1. The number of hydrogen-bond donors (Lipinski definition) is 2. The number of carbonyl (C=O) groups is 1. The summed E-state index contributed by atoms with van der Waals surface area (Å²) in [6, 6.07) is 1.18. The van der Waals surface area contributed by atoms with E-state index < -0.39 is 16.0 Å². The molecule has 1 atom stereocenters. The minimum Gasteiger partial charge on any atom is -0.477 e. The first-order valence-corrected chi connectivity index (χ1v) is 8.11. The van der Waals surface area contributed by atoms with Gasteiger partial charge in [0, 0.05) is 6.04 Å². The Kier molecular flexibility index (Phi) is 5.30. The molecule has 0 aliphatic rings. The average Bonchev–Trinajstić information content (AvgIpc) is 2.77. The van der Waals surface area contributed by atoms with E-state index in [0.29, 0.717) is 6.42 Å². The fourth-order valence-corrected chi connectivity index (χ4v) is 4.26. The third-order valence-corrected chi connectivity index (χ3v) is 5.16. The van der Waals surface area contributed by atoms with Crippen LogP contribution in [-0.4, -0.2) is 25.5 Å². The lowest BCUT2D eigenvalue weighted by Gasteiger charge is -2.15. The van der Waals surface area contributed by atoms with Crippen LogP contribution in [0, 0.1) is 0 Å². The minimum absolute atomic E-state index is 0.144. The Morgan fingerprint density at radius 1 is 1.50 bits per heavy atom. The molecule has 1 aromatic heterocycles. The first-order chi connectivity index (χ1) is 8.42. The Morgan fingerprint density at radius 2 is 2.17 bits per heavy atom. The molecule has 0 spiro atoms. The molecule has 0 aliphatic heterocycles. The van der Waals surface area contributed by atoms with Gasteiger partial charge in [0.05, 0.1) is 0 Å². The molecule has 0 fully saturated rings. The van der Waals surface area contributed by atoms with Crippen molar-refractivity contribution < 1.29 is 18.3 Å². The van der Waals surface area contributed by atoms with E-state index in [0.717, 1.165) is 24.2 Å². The van der Waals surface area contributed by atoms with Crippen molar-refractivity contribution in [1.82, 2.24) is 4.72 Å². The number of aromatic carboxylic acids is 1. The van der Waals surface area contributed by atoms with Crippen LogP contribution in [0.15, 0.2) is 16.3 Å². The molecular weight excluding hydrogens is 274 g/mol. The van der Waals surface area contributed by atoms with Crippen LogP contribution in [0.1, 0.15) is 42.8 Å². The van der Waals surface area contributed by atoms with Crippen LogP contribution in [0.3, 0.4) is 0 Å². The number of carboxylic acid groups (broad SMARTS) is 1. The van der Waals surface area contributed by atoms with E-state index in [1.165, 1.54) is 11.4 Å². The summed E-state index contributed by atoms with van der Waals surface area (Å²) in [5.74, 6) is -1.21. The van der Waals surface area contributed by atoms with Crippen LogP contribution < -0.4 is 4.72 Å². The fraction of sp³-hybridized carbons (Fsp3) is 0.545. The van der Waals surface area contributed by atoms with Crippen molar-refractivity contribution in [3.05, 3.63) is 16.3 Å². The topological polar surface area (TPSA) is 83.5 Å². The van der Waals surface area contributed by atoms with Crippen molar-refractivity contribution in [3.8, 4) is 0 Å². The second-order valence-electron chi connectivity index (χ2n) is 3.93. The van der Waals surface area contributed by atoms with Crippen LogP contribution >= 0.6 is 11.3 Å². The number of thiophene rings is 1. The third kappa shape index (κ3) is 3.54. The Balaban J connectivity index is 2.99. The molecule has 102 valence electrons. The van der Waals surface area contributed by atoms with Gasteiger partial charge in [0.25, 0.3) is 0 Å². The van der Waals surface area contributed by atoms with Gasteiger partial charge < -0.3 is 5.11 Å². The quantitative estimate of drug-likeness (QED) is 0.807. The van der Waals surface area contributed by atoms with Gasteiger partial charge in [0.15, 0.2) is 0 Å². The molecular formula is C11H17NO4S2. The molecule has 0 aromatic carbocycles. The highest BCUT2D eigenvalue weighted by Gasteiger charge is 2.25. The molecule has 0 bridgehead atoms. The molecule has 18 heavy (non-hydrogen) atoms. The van der Waals surface area contributed by atoms with E-state index in [9.17, 15) is 13.2 Å². The lowest BCUT2D eigenvalue weighted by molar-refractivity contribution is 0.0698. The standard InChI is InChI=1S/C11H17NO4S2/c1-3-5-8(4-2)12-18(15,16)9-6-7-17-10(9)11(13)14/h6-8,12H,3-5H2,1-2H3,(H,13,14). The van der Waals surface area contributed by atoms with Crippen LogP contribution in [-0.2, 0) is 10.0 Å². The predicted octanol–water partition coefficient (Wildman–Crippen LogP) is 2.30. The molecule has 0 aliphatic carbocycles. The largest absolute Gasteiger partial charge is 0.477 e. The second-order valence-corrected chi connectivity index (χ2v) is 6.53. The Hall–Kier alpha value is -0.920. The van der Waals surface area contributed by atoms with E-state index in [-0.39, 0.29) is 15.8 Å². The summed E-state index contributed by atoms with van der Waals surface area (Å²) in [4.78, 5) is 10.6. The molecule has 2 N–H and O–H groups in total. The zero-order valence-electron chi connectivity index (χ0n) is 10.3. The molecule has 1 unspecified atom stereocenters. The van der Waals surface area contributed by atoms with Crippen molar-refractivity contribution in [1.29, 1.82) is 0 Å². The van der Waals surface area contributed by atoms with Crippen molar-refractivity contribution >= 4 is 27.3 Å². The zero-order chi connectivity index (χ0) is 13.8.